The fraction of sp³-hybridized carbons (Fsp3) is 0.667. The lowest BCUT2D eigenvalue weighted by atomic mass is 9.91. The van der Waals surface area contributed by atoms with Gasteiger partial charge in [-0.05, 0) is 12.3 Å². The van der Waals surface area contributed by atoms with Gasteiger partial charge >= 0.3 is 0 Å². The lowest BCUT2D eigenvalue weighted by Gasteiger charge is -2.18. The molecule has 1 saturated heterocycles. The maximum Gasteiger partial charge on any atom is 0.167 e. The number of rotatable bonds is 4. The van der Waals surface area contributed by atoms with Crippen molar-refractivity contribution in [2.75, 3.05) is 12.4 Å². The van der Waals surface area contributed by atoms with Crippen LogP contribution in [0.2, 0.25) is 0 Å². The minimum atomic E-state index is -0.0461. The van der Waals surface area contributed by atoms with Crippen molar-refractivity contribution in [2.24, 2.45) is 17.6 Å². The molecule has 3 heterocycles. The molecule has 4 unspecified atom stereocenters. The van der Waals surface area contributed by atoms with E-state index in [0.29, 0.717) is 30.0 Å². The molecule has 0 spiro atoms. The van der Waals surface area contributed by atoms with E-state index < -0.39 is 0 Å². The van der Waals surface area contributed by atoms with Gasteiger partial charge in [0.25, 0.3) is 0 Å². The van der Waals surface area contributed by atoms with Crippen molar-refractivity contribution in [3.8, 4) is 0 Å². The Hall–Kier alpha value is -1.73. The molecule has 0 saturated carbocycles. The number of hydrogen-bond donors (Lipinski definition) is 2. The van der Waals surface area contributed by atoms with Crippen LogP contribution in [0, 0.1) is 11.8 Å². The molecule has 0 aliphatic carbocycles. The van der Waals surface area contributed by atoms with Crippen LogP contribution in [0.15, 0.2) is 6.33 Å². The van der Waals surface area contributed by atoms with Gasteiger partial charge in [0.05, 0.1) is 19.0 Å². The van der Waals surface area contributed by atoms with Gasteiger partial charge in [-0.15, -0.1) is 0 Å². The predicted molar refractivity (Wildman–Crippen MR) is 85.3 cm³/mol. The van der Waals surface area contributed by atoms with Crippen molar-refractivity contribution in [3.05, 3.63) is 12.2 Å². The van der Waals surface area contributed by atoms with E-state index in [1.54, 1.807) is 6.33 Å². The summed E-state index contributed by atoms with van der Waals surface area (Å²) < 4.78 is 8.27. The van der Waals surface area contributed by atoms with Crippen LogP contribution in [0.25, 0.3) is 11.2 Å². The maximum absolute atomic E-state index is 6.25. The molecule has 22 heavy (non-hydrogen) atoms. The molecule has 1 aliphatic rings. The first-order chi connectivity index (χ1) is 10.6. The topological polar surface area (TPSA) is 90.9 Å². The van der Waals surface area contributed by atoms with Crippen LogP contribution in [0.1, 0.15) is 39.2 Å². The zero-order valence-electron chi connectivity index (χ0n) is 13.6. The summed E-state index contributed by atoms with van der Waals surface area (Å²) in [6, 6.07) is 0. The highest BCUT2D eigenvalue weighted by atomic mass is 16.5. The average Bonchev–Trinajstić information content (AvgIpc) is 3.08. The van der Waals surface area contributed by atoms with E-state index in [9.17, 15) is 0 Å². The number of imidazole rings is 1. The first-order valence-electron chi connectivity index (χ1n) is 7.87. The highest BCUT2D eigenvalue weighted by Gasteiger charge is 2.39. The first-order valence-corrected chi connectivity index (χ1v) is 7.87. The van der Waals surface area contributed by atoms with Crippen LogP contribution >= 0.6 is 0 Å². The van der Waals surface area contributed by atoms with Gasteiger partial charge in [0.1, 0.15) is 12.1 Å². The Morgan fingerprint density at radius 3 is 2.68 bits per heavy atom. The fourth-order valence-corrected chi connectivity index (χ4v) is 3.23. The molecule has 0 aromatic carbocycles. The lowest BCUT2D eigenvalue weighted by molar-refractivity contribution is -0.0120. The van der Waals surface area contributed by atoms with E-state index in [1.165, 1.54) is 0 Å². The molecular formula is C15H24N6O. The zero-order valence-corrected chi connectivity index (χ0v) is 13.6. The summed E-state index contributed by atoms with van der Waals surface area (Å²) in [4.78, 5) is 13.4. The molecule has 2 aromatic heterocycles. The molecule has 4 atom stereocenters. The molecule has 120 valence electrons. The number of fused-ring (bicyclic) bond motifs is 1. The van der Waals surface area contributed by atoms with Gasteiger partial charge in [0.2, 0.25) is 0 Å². The molecule has 7 heteroatoms. The number of ether oxygens (including phenoxy) is 1. The van der Waals surface area contributed by atoms with Crippen LogP contribution < -0.4 is 11.1 Å². The van der Waals surface area contributed by atoms with Gasteiger partial charge in [0.15, 0.2) is 17.0 Å². The second-order valence-electron chi connectivity index (χ2n) is 5.96. The van der Waals surface area contributed by atoms with E-state index in [0.717, 1.165) is 17.6 Å². The van der Waals surface area contributed by atoms with E-state index in [2.05, 4.69) is 41.0 Å². The highest BCUT2D eigenvalue weighted by molar-refractivity contribution is 5.83. The third kappa shape index (κ3) is 2.24. The minimum absolute atomic E-state index is 0.0461. The van der Waals surface area contributed by atoms with Crippen LogP contribution in [-0.4, -0.2) is 32.7 Å². The lowest BCUT2D eigenvalue weighted by Crippen LogP contribution is -2.16. The molecule has 1 aliphatic heterocycles. The van der Waals surface area contributed by atoms with Gasteiger partial charge in [-0.3, -0.25) is 4.57 Å². The average molecular weight is 304 g/mol. The minimum Gasteiger partial charge on any atom is -0.371 e. The second kappa shape index (κ2) is 5.81. The molecule has 7 nitrogen and oxygen atoms in total. The van der Waals surface area contributed by atoms with Crippen LogP contribution in [-0.2, 0) is 11.3 Å². The van der Waals surface area contributed by atoms with Crippen molar-refractivity contribution in [1.82, 2.24) is 19.5 Å². The van der Waals surface area contributed by atoms with Crippen LogP contribution in [0.5, 0.6) is 0 Å². The van der Waals surface area contributed by atoms with Gasteiger partial charge in [0, 0.05) is 13.0 Å². The molecule has 0 radical (unpaired) electrons. The summed E-state index contributed by atoms with van der Waals surface area (Å²) in [6.07, 6.45) is 3.04. The SMILES string of the molecule is CCC1OC(n2cnc3c(NC)nc(CN)nc32)C(C)C1C. The molecule has 0 bridgehead atoms. The highest BCUT2D eigenvalue weighted by Crippen LogP contribution is 2.41. The Kier molecular flexibility index (Phi) is 4.01. The van der Waals surface area contributed by atoms with E-state index in [-0.39, 0.29) is 12.3 Å². The molecule has 1 fully saturated rings. The molecular weight excluding hydrogens is 280 g/mol. The third-order valence-corrected chi connectivity index (χ3v) is 4.74. The van der Waals surface area contributed by atoms with Crippen molar-refractivity contribution in [2.45, 2.75) is 46.1 Å². The number of nitrogens with zero attached hydrogens (tertiary/aromatic N) is 4. The Balaban J connectivity index is 2.08. The monoisotopic (exact) mass is 304 g/mol. The number of nitrogens with two attached hydrogens (primary N) is 1. The quantitative estimate of drug-likeness (QED) is 0.896. The third-order valence-electron chi connectivity index (χ3n) is 4.74. The summed E-state index contributed by atoms with van der Waals surface area (Å²) in [6.45, 7) is 6.93. The van der Waals surface area contributed by atoms with Gasteiger partial charge < -0.3 is 15.8 Å². The molecule has 3 N–H and O–H groups in total. The van der Waals surface area contributed by atoms with Crippen molar-refractivity contribution >= 4 is 17.0 Å². The Morgan fingerprint density at radius 1 is 1.32 bits per heavy atom. The van der Waals surface area contributed by atoms with E-state index >= 15 is 0 Å². The summed E-state index contributed by atoms with van der Waals surface area (Å²) in [7, 11) is 1.82. The van der Waals surface area contributed by atoms with Gasteiger partial charge in [-0.25, -0.2) is 15.0 Å². The summed E-state index contributed by atoms with van der Waals surface area (Å²) in [5, 5.41) is 3.07. The van der Waals surface area contributed by atoms with Crippen molar-refractivity contribution in [1.29, 1.82) is 0 Å². The first kappa shape index (κ1) is 15.2. The fourth-order valence-electron chi connectivity index (χ4n) is 3.23. The normalized spacial score (nSPS) is 28.4. The smallest absolute Gasteiger partial charge is 0.167 e. The Morgan fingerprint density at radius 2 is 2.09 bits per heavy atom. The van der Waals surface area contributed by atoms with Gasteiger partial charge in [-0.2, -0.15) is 0 Å². The Bertz CT molecular complexity index is 669. The largest absolute Gasteiger partial charge is 0.371 e. The van der Waals surface area contributed by atoms with Crippen LogP contribution in [0.3, 0.4) is 0 Å². The molecule has 2 aromatic rings. The summed E-state index contributed by atoms with van der Waals surface area (Å²) in [5.41, 5.74) is 7.25. The van der Waals surface area contributed by atoms with Crippen LogP contribution in [0.4, 0.5) is 5.82 Å². The van der Waals surface area contributed by atoms with E-state index in [4.69, 9.17) is 10.5 Å². The number of aromatic nitrogens is 4. The molecule has 3 rings (SSSR count). The zero-order chi connectivity index (χ0) is 15.9. The number of nitrogens with one attached hydrogen (secondary N) is 1. The van der Waals surface area contributed by atoms with Gasteiger partial charge in [-0.1, -0.05) is 20.8 Å². The molecule has 0 amide bonds. The number of hydrogen-bond acceptors (Lipinski definition) is 6. The summed E-state index contributed by atoms with van der Waals surface area (Å²) in [5.74, 6) is 2.21. The standard InChI is InChI=1S/C15H24N6O/c1-5-10-8(2)9(3)15(22-10)21-7-18-12-13(17-4)19-11(6-16)20-14(12)21/h7-10,15H,5-6,16H2,1-4H3,(H,17,19,20). The second-order valence-corrected chi connectivity index (χ2v) is 5.96. The number of anilines is 1. The Labute approximate surface area is 130 Å². The predicted octanol–water partition coefficient (Wildman–Crippen LogP) is 1.91. The van der Waals surface area contributed by atoms with Crippen molar-refractivity contribution < 1.29 is 4.74 Å². The summed E-state index contributed by atoms with van der Waals surface area (Å²) >= 11 is 0. The maximum atomic E-state index is 6.25. The van der Waals surface area contributed by atoms with E-state index in [1.807, 2.05) is 11.6 Å². The van der Waals surface area contributed by atoms with Crippen molar-refractivity contribution in [3.63, 3.8) is 0 Å².